The third kappa shape index (κ3) is 4.72. The predicted molar refractivity (Wildman–Crippen MR) is 113 cm³/mol. The van der Waals surface area contributed by atoms with Gasteiger partial charge in [-0.1, -0.05) is 35.1 Å². The molecular formula is C20H20ClN5O2S. The second-order valence-corrected chi connectivity index (χ2v) is 8.19. The van der Waals surface area contributed by atoms with Crippen LogP contribution in [-0.2, 0) is 0 Å². The molecule has 2 aromatic heterocycles. The molecule has 7 nitrogen and oxygen atoms in total. The van der Waals surface area contributed by atoms with E-state index in [2.05, 4.69) is 25.4 Å². The van der Waals surface area contributed by atoms with Crippen LogP contribution < -0.4 is 10.2 Å². The molecule has 4 rings (SSSR count). The van der Waals surface area contributed by atoms with Crippen LogP contribution in [0.25, 0.3) is 0 Å². The number of amides is 1. The van der Waals surface area contributed by atoms with E-state index in [4.69, 9.17) is 11.6 Å². The highest BCUT2D eigenvalue weighted by Gasteiger charge is 2.27. The second-order valence-electron chi connectivity index (χ2n) is 6.92. The molecule has 3 heterocycles. The van der Waals surface area contributed by atoms with Gasteiger partial charge in [-0.15, -0.1) is 10.2 Å². The average molecular weight is 430 g/mol. The summed E-state index contributed by atoms with van der Waals surface area (Å²) in [5.41, 5.74) is 2.93. The molecule has 2 N–H and O–H groups in total. The summed E-state index contributed by atoms with van der Waals surface area (Å²) in [5.74, 6) is 0.770. The second kappa shape index (κ2) is 8.86. The lowest BCUT2D eigenvalue weighted by atomic mass is 9.87. The van der Waals surface area contributed by atoms with Crippen molar-refractivity contribution in [1.82, 2.24) is 15.2 Å². The van der Waals surface area contributed by atoms with Crippen LogP contribution in [-0.4, -0.2) is 39.3 Å². The maximum absolute atomic E-state index is 12.2. The van der Waals surface area contributed by atoms with Crippen LogP contribution in [0.1, 0.15) is 34.9 Å². The summed E-state index contributed by atoms with van der Waals surface area (Å²) in [6.07, 6.45) is 2.81. The summed E-state index contributed by atoms with van der Waals surface area (Å²) in [5, 5.41) is 22.0. The Labute approximate surface area is 177 Å². The Hall–Kier alpha value is -2.55. The molecule has 3 aromatic rings. The normalized spacial score (nSPS) is 15.9. The van der Waals surface area contributed by atoms with Crippen LogP contribution in [0.5, 0.6) is 0 Å². The molecule has 1 aliphatic heterocycles. The number of aromatic nitrogens is 3. The van der Waals surface area contributed by atoms with Crippen LogP contribution in [0, 0.1) is 5.92 Å². The molecule has 9 heteroatoms. The molecule has 150 valence electrons. The summed E-state index contributed by atoms with van der Waals surface area (Å²) in [4.78, 5) is 18.8. The van der Waals surface area contributed by atoms with Crippen molar-refractivity contribution in [2.24, 2.45) is 5.92 Å². The minimum Gasteiger partial charge on any atom is -0.388 e. The van der Waals surface area contributed by atoms with Gasteiger partial charge in [0, 0.05) is 24.3 Å². The van der Waals surface area contributed by atoms with Gasteiger partial charge in [-0.2, -0.15) is 0 Å². The maximum Gasteiger partial charge on any atom is 0.259 e. The first kappa shape index (κ1) is 19.8. The molecule has 1 saturated heterocycles. The number of nitrogens with one attached hydrogen (secondary N) is 1. The number of aliphatic hydroxyl groups excluding tert-OH is 1. The molecule has 0 bridgehead atoms. The molecular weight excluding hydrogens is 410 g/mol. The van der Waals surface area contributed by atoms with E-state index in [1.54, 1.807) is 17.8 Å². The number of pyridine rings is 1. The first-order valence-electron chi connectivity index (χ1n) is 9.32. The van der Waals surface area contributed by atoms with Gasteiger partial charge in [-0.25, -0.2) is 4.98 Å². The van der Waals surface area contributed by atoms with E-state index in [0.717, 1.165) is 37.3 Å². The van der Waals surface area contributed by atoms with E-state index < -0.39 is 6.10 Å². The van der Waals surface area contributed by atoms with Crippen LogP contribution >= 0.6 is 22.9 Å². The number of nitrogens with zero attached hydrogens (tertiary/aromatic N) is 4. The number of benzene rings is 1. The lowest BCUT2D eigenvalue weighted by Gasteiger charge is -2.35. The fraction of sp³-hybridized carbons (Fsp3) is 0.300. The quantitative estimate of drug-likeness (QED) is 0.641. The Kier molecular flexibility index (Phi) is 6.03. The third-order valence-corrected chi connectivity index (χ3v) is 5.97. The van der Waals surface area contributed by atoms with Gasteiger partial charge in [0.2, 0.25) is 5.13 Å². The molecule has 1 amide bonds. The summed E-state index contributed by atoms with van der Waals surface area (Å²) < 4.78 is 0. The van der Waals surface area contributed by atoms with Gasteiger partial charge in [0.1, 0.15) is 11.3 Å². The summed E-state index contributed by atoms with van der Waals surface area (Å²) in [7, 11) is 0. The Morgan fingerprint density at radius 2 is 1.97 bits per heavy atom. The number of anilines is 2. The third-order valence-electron chi connectivity index (χ3n) is 5.11. The number of hydrogen-bond acceptors (Lipinski definition) is 7. The molecule has 0 saturated carbocycles. The zero-order valence-electron chi connectivity index (χ0n) is 15.5. The molecule has 0 radical (unpaired) electrons. The van der Waals surface area contributed by atoms with Crippen molar-refractivity contribution in [2.75, 3.05) is 23.3 Å². The monoisotopic (exact) mass is 429 g/mol. The highest BCUT2D eigenvalue weighted by molar-refractivity contribution is 7.13. The van der Waals surface area contributed by atoms with E-state index in [1.165, 1.54) is 11.3 Å². The van der Waals surface area contributed by atoms with Gasteiger partial charge in [0.05, 0.1) is 11.7 Å². The van der Waals surface area contributed by atoms with Crippen LogP contribution in [0.4, 0.5) is 10.9 Å². The van der Waals surface area contributed by atoms with Crippen molar-refractivity contribution < 1.29 is 9.90 Å². The zero-order chi connectivity index (χ0) is 20.2. The van der Waals surface area contributed by atoms with Crippen molar-refractivity contribution in [3.05, 3.63) is 64.3 Å². The number of aliphatic hydroxyl groups is 1. The van der Waals surface area contributed by atoms with E-state index >= 15 is 0 Å². The van der Waals surface area contributed by atoms with E-state index in [1.807, 2.05) is 30.3 Å². The zero-order valence-corrected chi connectivity index (χ0v) is 17.1. The van der Waals surface area contributed by atoms with Crippen molar-refractivity contribution in [3.63, 3.8) is 0 Å². The van der Waals surface area contributed by atoms with E-state index in [-0.39, 0.29) is 11.8 Å². The topological polar surface area (TPSA) is 91.2 Å². The molecule has 1 aromatic carbocycles. The Morgan fingerprint density at radius 3 is 2.59 bits per heavy atom. The average Bonchev–Trinajstić information content (AvgIpc) is 3.27. The number of carbonyl (C=O) groups is 1. The van der Waals surface area contributed by atoms with Gasteiger partial charge in [-0.3, -0.25) is 10.1 Å². The summed E-state index contributed by atoms with van der Waals surface area (Å²) in [6.45, 7) is 1.61. The first-order valence-corrected chi connectivity index (χ1v) is 10.6. The molecule has 1 unspecified atom stereocenters. The SMILES string of the molecule is O=C(Nc1nncs1)c1ccc(N2CCC(C(O)c3ccc(Cl)cc3)CC2)nc1. The fourth-order valence-corrected chi connectivity index (χ4v) is 4.05. The van der Waals surface area contributed by atoms with E-state index in [0.29, 0.717) is 15.7 Å². The molecule has 1 atom stereocenters. The van der Waals surface area contributed by atoms with Gasteiger partial charge in [0.25, 0.3) is 5.91 Å². The summed E-state index contributed by atoms with van der Waals surface area (Å²) >= 11 is 7.19. The number of piperidine rings is 1. The van der Waals surface area contributed by atoms with Gasteiger partial charge >= 0.3 is 0 Å². The predicted octanol–water partition coefficient (Wildman–Crippen LogP) is 3.79. The van der Waals surface area contributed by atoms with Crippen LogP contribution in [0.15, 0.2) is 48.1 Å². The molecule has 0 spiro atoms. The van der Waals surface area contributed by atoms with Crippen molar-refractivity contribution in [3.8, 4) is 0 Å². The Morgan fingerprint density at radius 1 is 1.21 bits per heavy atom. The minimum absolute atomic E-state index is 0.199. The molecule has 1 aliphatic rings. The number of rotatable bonds is 5. The maximum atomic E-state index is 12.2. The number of carbonyl (C=O) groups excluding carboxylic acids is 1. The highest BCUT2D eigenvalue weighted by Crippen LogP contribution is 2.32. The standard InChI is InChI=1S/C20H20ClN5O2S/c21-16-4-1-13(2-5-16)18(27)14-7-9-26(10-8-14)17-6-3-15(11-22-17)19(28)24-20-25-23-12-29-20/h1-6,11-12,14,18,27H,7-10H2,(H,24,25,28). The highest BCUT2D eigenvalue weighted by atomic mass is 35.5. The number of halogens is 1. The van der Waals surface area contributed by atoms with Gasteiger partial charge < -0.3 is 10.0 Å². The largest absolute Gasteiger partial charge is 0.388 e. The van der Waals surface area contributed by atoms with Crippen LogP contribution in [0.2, 0.25) is 5.02 Å². The van der Waals surface area contributed by atoms with Crippen molar-refractivity contribution in [2.45, 2.75) is 18.9 Å². The smallest absolute Gasteiger partial charge is 0.259 e. The Bertz CT molecular complexity index is 942. The molecule has 29 heavy (non-hydrogen) atoms. The summed E-state index contributed by atoms with van der Waals surface area (Å²) in [6, 6.07) is 11.0. The number of hydrogen-bond donors (Lipinski definition) is 2. The fourth-order valence-electron chi connectivity index (χ4n) is 3.48. The first-order chi connectivity index (χ1) is 14.1. The lowest BCUT2D eigenvalue weighted by molar-refractivity contribution is 0.0928. The van der Waals surface area contributed by atoms with Crippen molar-refractivity contribution >= 4 is 39.8 Å². The lowest BCUT2D eigenvalue weighted by Crippen LogP contribution is -2.36. The van der Waals surface area contributed by atoms with E-state index in [9.17, 15) is 9.90 Å². The molecule has 0 aliphatic carbocycles. The van der Waals surface area contributed by atoms with Crippen molar-refractivity contribution in [1.29, 1.82) is 0 Å². The minimum atomic E-state index is -0.492. The Balaban J connectivity index is 1.33. The molecule has 1 fully saturated rings. The van der Waals surface area contributed by atoms with Crippen LogP contribution in [0.3, 0.4) is 0 Å². The van der Waals surface area contributed by atoms with Gasteiger partial charge in [0.15, 0.2) is 0 Å². The van der Waals surface area contributed by atoms with Gasteiger partial charge in [-0.05, 0) is 48.6 Å².